The number of esters is 1. The topological polar surface area (TPSA) is 59.4 Å². The Bertz CT molecular complexity index is 1470. The average Bonchev–Trinajstić information content (AvgIpc) is 3.38. The van der Waals surface area contributed by atoms with Crippen LogP contribution in [-0.4, -0.2) is 27.7 Å². The number of thiocarbonyl (C=S) groups is 1. The van der Waals surface area contributed by atoms with Gasteiger partial charge in [0, 0.05) is 29.0 Å². The van der Waals surface area contributed by atoms with Crippen molar-refractivity contribution in [2.45, 2.75) is 39.8 Å². The Morgan fingerprint density at radius 3 is 2.38 bits per heavy atom. The van der Waals surface area contributed by atoms with Crippen LogP contribution in [0.1, 0.15) is 56.2 Å². The Morgan fingerprint density at radius 1 is 0.946 bits per heavy atom. The van der Waals surface area contributed by atoms with Gasteiger partial charge in [-0.25, -0.2) is 4.79 Å². The molecule has 1 saturated heterocycles. The van der Waals surface area contributed by atoms with Gasteiger partial charge in [-0.3, -0.25) is 4.98 Å². The first-order chi connectivity index (χ1) is 17.8. The van der Waals surface area contributed by atoms with Crippen LogP contribution in [0.15, 0.2) is 72.9 Å². The maximum absolute atomic E-state index is 12.2. The number of carbonyl (C=O) groups excluding carboxylic acids is 1. The molecule has 6 nitrogen and oxygen atoms in total. The quantitative estimate of drug-likeness (QED) is 0.260. The lowest BCUT2D eigenvalue weighted by molar-refractivity contribution is 0.0600. The molecule has 3 heterocycles. The number of carbonyl (C=O) groups is 1. The first kappa shape index (κ1) is 24.7. The summed E-state index contributed by atoms with van der Waals surface area (Å²) in [6.07, 6.45) is 1.82. The smallest absolute Gasteiger partial charge is 0.337 e. The van der Waals surface area contributed by atoms with E-state index >= 15 is 0 Å². The highest BCUT2D eigenvalue weighted by Gasteiger charge is 2.42. The molecule has 1 aliphatic rings. The molecule has 1 N–H and O–H groups in total. The number of aromatic nitrogens is 2. The number of rotatable bonds is 5. The summed E-state index contributed by atoms with van der Waals surface area (Å²) in [7, 11) is 1.40. The van der Waals surface area contributed by atoms with Crippen molar-refractivity contribution in [2.75, 3.05) is 12.0 Å². The molecule has 0 spiro atoms. The zero-order valence-corrected chi connectivity index (χ0v) is 22.5. The van der Waals surface area contributed by atoms with Crippen LogP contribution < -0.4 is 10.2 Å². The molecule has 37 heavy (non-hydrogen) atoms. The minimum Gasteiger partial charge on any atom is -0.465 e. The number of pyridine rings is 1. The summed E-state index contributed by atoms with van der Waals surface area (Å²) < 4.78 is 7.13. The van der Waals surface area contributed by atoms with Gasteiger partial charge < -0.3 is 19.5 Å². The molecule has 2 aromatic carbocycles. The van der Waals surface area contributed by atoms with E-state index in [0.717, 1.165) is 34.0 Å². The van der Waals surface area contributed by atoms with E-state index in [1.165, 1.54) is 18.2 Å². The molecule has 1 aliphatic heterocycles. The van der Waals surface area contributed by atoms with Crippen LogP contribution >= 0.6 is 12.2 Å². The molecule has 4 aromatic rings. The first-order valence-electron chi connectivity index (χ1n) is 12.2. The second kappa shape index (κ2) is 9.82. The molecule has 0 unspecified atom stereocenters. The van der Waals surface area contributed by atoms with Crippen molar-refractivity contribution < 1.29 is 9.53 Å². The normalized spacial score (nSPS) is 17.1. The monoisotopic (exact) mass is 510 g/mol. The van der Waals surface area contributed by atoms with E-state index in [1.54, 1.807) is 6.07 Å². The summed E-state index contributed by atoms with van der Waals surface area (Å²) in [5.41, 5.74) is 9.05. The molecule has 7 heteroatoms. The fraction of sp³-hybridized carbons (Fsp3) is 0.233. The molecule has 0 bridgehead atoms. The first-order valence-corrected chi connectivity index (χ1v) is 12.7. The summed E-state index contributed by atoms with van der Waals surface area (Å²) in [5.74, 6) is -0.355. The highest BCUT2D eigenvalue weighted by molar-refractivity contribution is 7.80. The van der Waals surface area contributed by atoms with Gasteiger partial charge in [-0.2, -0.15) is 0 Å². The largest absolute Gasteiger partial charge is 0.465 e. The van der Waals surface area contributed by atoms with Gasteiger partial charge in [0.15, 0.2) is 5.11 Å². The fourth-order valence-electron chi connectivity index (χ4n) is 5.41. The number of benzene rings is 2. The average molecular weight is 511 g/mol. The minimum atomic E-state index is -0.355. The van der Waals surface area contributed by atoms with Crippen LogP contribution in [0.3, 0.4) is 0 Å². The molecule has 2 aromatic heterocycles. The van der Waals surface area contributed by atoms with Gasteiger partial charge in [0.2, 0.25) is 0 Å². The number of anilines is 1. The van der Waals surface area contributed by atoms with E-state index < -0.39 is 0 Å². The second-order valence-corrected chi connectivity index (χ2v) is 9.93. The lowest BCUT2D eigenvalue weighted by Gasteiger charge is -2.29. The van der Waals surface area contributed by atoms with Crippen LogP contribution in [0.25, 0.3) is 5.69 Å². The van der Waals surface area contributed by atoms with Crippen LogP contribution in [0.2, 0.25) is 0 Å². The Kier molecular flexibility index (Phi) is 6.56. The number of nitrogens with one attached hydrogen (secondary N) is 1. The Morgan fingerprint density at radius 2 is 1.70 bits per heavy atom. The summed E-state index contributed by atoms with van der Waals surface area (Å²) in [6, 6.07) is 22.0. The highest BCUT2D eigenvalue weighted by Crippen LogP contribution is 2.44. The van der Waals surface area contributed by atoms with Crippen LogP contribution in [-0.2, 0) is 4.74 Å². The molecule has 0 saturated carbocycles. The zero-order chi connectivity index (χ0) is 26.3. The third-order valence-electron chi connectivity index (χ3n) is 6.90. The number of methoxy groups -OCH3 is 1. The lowest BCUT2D eigenvalue weighted by atomic mass is 9.96. The van der Waals surface area contributed by atoms with Gasteiger partial charge in [0.25, 0.3) is 0 Å². The molecule has 5 rings (SSSR count). The minimum absolute atomic E-state index is 0.118. The molecule has 0 aliphatic carbocycles. The van der Waals surface area contributed by atoms with E-state index in [1.807, 2.05) is 42.6 Å². The molecule has 0 amide bonds. The van der Waals surface area contributed by atoms with Crippen molar-refractivity contribution in [1.82, 2.24) is 14.9 Å². The van der Waals surface area contributed by atoms with E-state index in [4.69, 9.17) is 17.0 Å². The van der Waals surface area contributed by atoms with Crippen molar-refractivity contribution >= 4 is 29.0 Å². The van der Waals surface area contributed by atoms with Crippen molar-refractivity contribution in [1.29, 1.82) is 0 Å². The molecule has 188 valence electrons. The molecular weight excluding hydrogens is 480 g/mol. The third kappa shape index (κ3) is 4.51. The molecule has 0 radical (unpaired) electrons. The maximum atomic E-state index is 12.2. The lowest BCUT2D eigenvalue weighted by Crippen LogP contribution is -2.29. The van der Waals surface area contributed by atoms with Gasteiger partial charge in [-0.1, -0.05) is 18.2 Å². The molecule has 1 fully saturated rings. The Hall–Kier alpha value is -3.97. The number of nitrogens with zero attached hydrogens (tertiary/aromatic N) is 3. The number of hydrogen-bond donors (Lipinski definition) is 1. The summed E-state index contributed by atoms with van der Waals surface area (Å²) in [5, 5.41) is 4.23. The van der Waals surface area contributed by atoms with Gasteiger partial charge >= 0.3 is 5.97 Å². The Labute approximate surface area is 222 Å². The SMILES string of the molecule is COC(=O)c1cccc(-n2c(C)cc([C@H]3[C@@H](c4ccccn4)NC(=S)N3c3cc(C)cc(C)c3)c2C)c1. The van der Waals surface area contributed by atoms with Crippen LogP contribution in [0.5, 0.6) is 0 Å². The zero-order valence-electron chi connectivity index (χ0n) is 21.6. The second-order valence-electron chi connectivity index (χ2n) is 9.55. The van der Waals surface area contributed by atoms with Crippen molar-refractivity contribution in [3.8, 4) is 5.69 Å². The standard InChI is InChI=1S/C30H30N4O2S/c1-18-13-19(2)15-24(14-18)34-28(27(32-30(34)37)26-11-6-7-12-31-26)25-16-20(3)33(21(25)4)23-10-8-9-22(17-23)29(35)36-5/h6-17,27-28H,1-5H3,(H,32,37)/t27-,28+/m1/s1. The van der Waals surface area contributed by atoms with Crippen molar-refractivity contribution in [3.05, 3.63) is 112 Å². The van der Waals surface area contributed by atoms with E-state index in [-0.39, 0.29) is 18.1 Å². The predicted octanol–water partition coefficient (Wildman–Crippen LogP) is 6.07. The van der Waals surface area contributed by atoms with Gasteiger partial charge in [-0.05, 0) is 105 Å². The fourth-order valence-corrected chi connectivity index (χ4v) is 5.76. The van der Waals surface area contributed by atoms with Gasteiger partial charge in [-0.15, -0.1) is 0 Å². The number of hydrogen-bond acceptors (Lipinski definition) is 4. The van der Waals surface area contributed by atoms with E-state index in [0.29, 0.717) is 10.7 Å². The third-order valence-corrected chi connectivity index (χ3v) is 7.21. The van der Waals surface area contributed by atoms with Gasteiger partial charge in [0.05, 0.1) is 30.5 Å². The maximum Gasteiger partial charge on any atom is 0.337 e. The Balaban J connectivity index is 1.68. The predicted molar refractivity (Wildman–Crippen MR) is 150 cm³/mol. The van der Waals surface area contributed by atoms with E-state index in [2.05, 4.69) is 71.7 Å². The van der Waals surface area contributed by atoms with E-state index in [9.17, 15) is 4.79 Å². The molecular formula is C30H30N4O2S. The summed E-state index contributed by atoms with van der Waals surface area (Å²) in [4.78, 5) is 19.1. The van der Waals surface area contributed by atoms with Gasteiger partial charge in [0.1, 0.15) is 0 Å². The van der Waals surface area contributed by atoms with Crippen molar-refractivity contribution in [3.63, 3.8) is 0 Å². The van der Waals surface area contributed by atoms with Crippen LogP contribution in [0.4, 0.5) is 5.69 Å². The van der Waals surface area contributed by atoms with Crippen molar-refractivity contribution in [2.24, 2.45) is 0 Å². The summed E-state index contributed by atoms with van der Waals surface area (Å²) in [6.45, 7) is 8.41. The van der Waals surface area contributed by atoms with Crippen LogP contribution in [0, 0.1) is 27.7 Å². The summed E-state index contributed by atoms with van der Waals surface area (Å²) >= 11 is 5.93. The molecule has 2 atom stereocenters. The number of aryl methyl sites for hydroxylation is 3. The number of ether oxygens (including phenoxy) is 1. The highest BCUT2D eigenvalue weighted by atomic mass is 32.1.